The lowest BCUT2D eigenvalue weighted by Gasteiger charge is -2.32. The van der Waals surface area contributed by atoms with E-state index >= 15 is 0 Å². The first kappa shape index (κ1) is 17.7. The molecule has 25 heavy (non-hydrogen) atoms. The molecule has 0 aliphatic carbocycles. The summed E-state index contributed by atoms with van der Waals surface area (Å²) in [6, 6.07) is 6.48. The van der Waals surface area contributed by atoms with Crippen LogP contribution in [0.15, 0.2) is 24.3 Å². The fourth-order valence-corrected chi connectivity index (χ4v) is 3.59. The molecule has 1 aromatic carbocycles. The predicted octanol–water partition coefficient (Wildman–Crippen LogP) is 3.21. The van der Waals surface area contributed by atoms with E-state index in [4.69, 9.17) is 0 Å². The van der Waals surface area contributed by atoms with E-state index in [1.54, 1.807) is 4.90 Å². The van der Waals surface area contributed by atoms with Crippen molar-refractivity contribution in [1.29, 1.82) is 0 Å². The van der Waals surface area contributed by atoms with Gasteiger partial charge in [0.1, 0.15) is 12.2 Å². The second-order valence-electron chi connectivity index (χ2n) is 6.87. The Balaban J connectivity index is 1.67. The van der Waals surface area contributed by atoms with Gasteiger partial charge in [-0.2, -0.15) is 0 Å². The van der Waals surface area contributed by atoms with E-state index in [9.17, 15) is 14.0 Å². The highest BCUT2D eigenvalue weighted by Gasteiger charge is 2.41. The first-order valence-electron chi connectivity index (χ1n) is 9.18. The molecule has 2 aliphatic heterocycles. The van der Waals surface area contributed by atoms with Crippen molar-refractivity contribution in [1.82, 2.24) is 9.80 Å². The molecule has 2 fully saturated rings. The van der Waals surface area contributed by atoms with Crippen molar-refractivity contribution in [3.63, 3.8) is 0 Å². The SMILES string of the molecule is CCc1ccc(NC(=O)N2CC(F)CC2C(=O)N2CCCCC2)cc1. The molecule has 136 valence electrons. The summed E-state index contributed by atoms with van der Waals surface area (Å²) in [5.74, 6) is -0.115. The van der Waals surface area contributed by atoms with Gasteiger partial charge >= 0.3 is 6.03 Å². The molecule has 2 unspecified atom stereocenters. The summed E-state index contributed by atoms with van der Waals surface area (Å²) >= 11 is 0. The Labute approximate surface area is 148 Å². The number of rotatable bonds is 3. The highest BCUT2D eigenvalue weighted by Crippen LogP contribution is 2.25. The summed E-state index contributed by atoms with van der Waals surface area (Å²) in [7, 11) is 0. The van der Waals surface area contributed by atoms with Crippen LogP contribution in [0.3, 0.4) is 0 Å². The Kier molecular flexibility index (Phi) is 5.56. The average molecular weight is 347 g/mol. The molecule has 2 aliphatic rings. The molecule has 3 amide bonds. The Morgan fingerprint density at radius 3 is 2.48 bits per heavy atom. The lowest BCUT2D eigenvalue weighted by atomic mass is 10.1. The molecular weight excluding hydrogens is 321 g/mol. The molecule has 0 spiro atoms. The number of halogens is 1. The van der Waals surface area contributed by atoms with Crippen LogP contribution in [-0.2, 0) is 11.2 Å². The second-order valence-corrected chi connectivity index (χ2v) is 6.87. The van der Waals surface area contributed by atoms with Crippen molar-refractivity contribution in [2.45, 2.75) is 51.2 Å². The summed E-state index contributed by atoms with van der Waals surface area (Å²) in [6.45, 7) is 3.46. The number of carbonyl (C=O) groups excluding carboxylic acids is 2. The predicted molar refractivity (Wildman–Crippen MR) is 95.3 cm³/mol. The molecule has 0 radical (unpaired) electrons. The Hall–Kier alpha value is -2.11. The van der Waals surface area contributed by atoms with E-state index in [2.05, 4.69) is 12.2 Å². The number of piperidine rings is 1. The van der Waals surface area contributed by atoms with E-state index in [-0.39, 0.29) is 18.9 Å². The number of carbonyl (C=O) groups is 2. The topological polar surface area (TPSA) is 52.7 Å². The maximum atomic E-state index is 14.0. The number of hydrogen-bond donors (Lipinski definition) is 1. The van der Waals surface area contributed by atoms with Crippen molar-refractivity contribution in [2.75, 3.05) is 25.0 Å². The molecule has 6 heteroatoms. The highest BCUT2D eigenvalue weighted by molar-refractivity contribution is 5.94. The summed E-state index contributed by atoms with van der Waals surface area (Å²) in [5, 5.41) is 2.79. The van der Waals surface area contributed by atoms with Crippen LogP contribution in [0, 0.1) is 0 Å². The lowest BCUT2D eigenvalue weighted by Crippen LogP contribution is -2.50. The minimum atomic E-state index is -1.15. The van der Waals surface area contributed by atoms with E-state index in [0.717, 1.165) is 25.7 Å². The lowest BCUT2D eigenvalue weighted by molar-refractivity contribution is -0.136. The van der Waals surface area contributed by atoms with Crippen LogP contribution in [-0.4, -0.2) is 53.6 Å². The fraction of sp³-hybridized carbons (Fsp3) is 0.579. The number of alkyl halides is 1. The van der Waals surface area contributed by atoms with Crippen LogP contribution in [0.1, 0.15) is 38.2 Å². The van der Waals surface area contributed by atoms with Crippen LogP contribution in [0.4, 0.5) is 14.9 Å². The molecule has 2 heterocycles. The van der Waals surface area contributed by atoms with E-state index in [1.807, 2.05) is 24.3 Å². The molecule has 1 N–H and O–H groups in total. The number of amides is 3. The molecule has 0 aromatic heterocycles. The quantitative estimate of drug-likeness (QED) is 0.913. The summed E-state index contributed by atoms with van der Waals surface area (Å²) in [4.78, 5) is 28.5. The number of nitrogens with zero attached hydrogens (tertiary/aromatic N) is 2. The van der Waals surface area contributed by atoms with Gasteiger partial charge in [0.05, 0.1) is 6.54 Å². The van der Waals surface area contributed by atoms with Gasteiger partial charge in [0.2, 0.25) is 5.91 Å². The molecule has 3 rings (SSSR count). The molecule has 2 atom stereocenters. The zero-order chi connectivity index (χ0) is 17.8. The third-order valence-corrected chi connectivity index (χ3v) is 5.08. The van der Waals surface area contributed by atoms with Crippen LogP contribution in [0.25, 0.3) is 0 Å². The Morgan fingerprint density at radius 2 is 1.84 bits per heavy atom. The number of nitrogens with one attached hydrogen (secondary N) is 1. The molecule has 1 aromatic rings. The van der Waals surface area contributed by atoms with Crippen LogP contribution >= 0.6 is 0 Å². The second kappa shape index (κ2) is 7.85. The zero-order valence-corrected chi connectivity index (χ0v) is 14.7. The number of benzene rings is 1. The van der Waals surface area contributed by atoms with Gasteiger partial charge in [-0.15, -0.1) is 0 Å². The van der Waals surface area contributed by atoms with Gasteiger partial charge in [-0.25, -0.2) is 9.18 Å². The van der Waals surface area contributed by atoms with Crippen molar-refractivity contribution in [3.05, 3.63) is 29.8 Å². The number of hydrogen-bond acceptors (Lipinski definition) is 2. The minimum Gasteiger partial charge on any atom is -0.341 e. The Bertz CT molecular complexity index is 614. The van der Waals surface area contributed by atoms with Crippen molar-refractivity contribution in [3.8, 4) is 0 Å². The normalized spacial score (nSPS) is 23.6. The monoisotopic (exact) mass is 347 g/mol. The maximum absolute atomic E-state index is 14.0. The first-order chi connectivity index (χ1) is 12.1. The Morgan fingerprint density at radius 1 is 1.16 bits per heavy atom. The first-order valence-corrected chi connectivity index (χ1v) is 9.18. The molecular formula is C19H26FN3O2. The number of urea groups is 1. The van der Waals surface area contributed by atoms with Gasteiger partial charge in [-0.3, -0.25) is 4.79 Å². The smallest absolute Gasteiger partial charge is 0.322 e. The van der Waals surface area contributed by atoms with Crippen molar-refractivity contribution < 1.29 is 14.0 Å². The van der Waals surface area contributed by atoms with Crippen LogP contribution in [0.5, 0.6) is 0 Å². The van der Waals surface area contributed by atoms with Crippen molar-refractivity contribution >= 4 is 17.6 Å². The van der Waals surface area contributed by atoms with Gasteiger partial charge in [0, 0.05) is 25.2 Å². The molecule has 2 saturated heterocycles. The fourth-order valence-electron chi connectivity index (χ4n) is 3.59. The van der Waals surface area contributed by atoms with Gasteiger partial charge in [-0.1, -0.05) is 19.1 Å². The van der Waals surface area contributed by atoms with Crippen molar-refractivity contribution in [2.24, 2.45) is 0 Å². The van der Waals surface area contributed by atoms with E-state index in [0.29, 0.717) is 18.8 Å². The number of aryl methyl sites for hydroxylation is 1. The standard InChI is InChI=1S/C19H26FN3O2/c1-2-14-6-8-16(9-7-14)21-19(25)23-13-15(20)12-17(23)18(24)22-10-4-3-5-11-22/h6-9,15,17H,2-5,10-13H2,1H3,(H,21,25). The van der Waals surface area contributed by atoms with E-state index < -0.39 is 18.2 Å². The number of likely N-dealkylation sites (tertiary alicyclic amines) is 2. The van der Waals surface area contributed by atoms with Gasteiger partial charge < -0.3 is 15.1 Å². The van der Waals surface area contributed by atoms with E-state index in [1.165, 1.54) is 10.5 Å². The third-order valence-electron chi connectivity index (χ3n) is 5.08. The third kappa shape index (κ3) is 4.11. The zero-order valence-electron chi connectivity index (χ0n) is 14.7. The summed E-state index contributed by atoms with van der Waals surface area (Å²) in [5.41, 5.74) is 1.84. The summed E-state index contributed by atoms with van der Waals surface area (Å²) < 4.78 is 14.0. The van der Waals surface area contributed by atoms with Gasteiger partial charge in [-0.05, 0) is 43.4 Å². The largest absolute Gasteiger partial charge is 0.341 e. The maximum Gasteiger partial charge on any atom is 0.322 e. The molecule has 0 bridgehead atoms. The summed E-state index contributed by atoms with van der Waals surface area (Å²) in [6.07, 6.45) is 2.96. The van der Waals surface area contributed by atoms with Crippen LogP contribution < -0.4 is 5.32 Å². The molecule has 5 nitrogen and oxygen atoms in total. The number of anilines is 1. The minimum absolute atomic E-state index is 0.0247. The van der Waals surface area contributed by atoms with Crippen LogP contribution in [0.2, 0.25) is 0 Å². The average Bonchev–Trinajstić information content (AvgIpc) is 3.04. The van der Waals surface area contributed by atoms with Gasteiger partial charge in [0.25, 0.3) is 0 Å². The van der Waals surface area contributed by atoms with Gasteiger partial charge in [0.15, 0.2) is 0 Å². The highest BCUT2D eigenvalue weighted by atomic mass is 19.1. The molecule has 0 saturated carbocycles.